The van der Waals surface area contributed by atoms with E-state index in [9.17, 15) is 30.3 Å². The Balaban J connectivity index is 2.14. The number of carbonyl (C=O) groups excluding carboxylic acids is 1. The van der Waals surface area contributed by atoms with Crippen LogP contribution in [0.25, 0.3) is 0 Å². The van der Waals surface area contributed by atoms with Gasteiger partial charge in [0.25, 0.3) is 0 Å². The summed E-state index contributed by atoms with van der Waals surface area (Å²) in [6, 6.07) is -0.803. The van der Waals surface area contributed by atoms with E-state index in [1.807, 2.05) is 6.08 Å². The van der Waals surface area contributed by atoms with Crippen LogP contribution in [0.5, 0.6) is 0 Å². The van der Waals surface area contributed by atoms with Gasteiger partial charge in [0.15, 0.2) is 6.29 Å². The third kappa shape index (κ3) is 39.9. The highest BCUT2D eigenvalue weighted by atomic mass is 16.7. The summed E-state index contributed by atoms with van der Waals surface area (Å²) < 4.78 is 11.3. The highest BCUT2D eigenvalue weighted by Crippen LogP contribution is 2.23. The molecule has 1 aliphatic rings. The lowest BCUT2D eigenvalue weighted by atomic mass is 9.99. The van der Waals surface area contributed by atoms with E-state index in [1.165, 1.54) is 225 Å². The molecule has 0 aromatic heterocycles. The van der Waals surface area contributed by atoms with Gasteiger partial charge in [-0.05, 0) is 51.4 Å². The van der Waals surface area contributed by atoms with Gasteiger partial charge in [-0.3, -0.25) is 4.79 Å². The molecule has 1 aliphatic heterocycles. The molecule has 7 atom stereocenters. The van der Waals surface area contributed by atoms with Crippen LogP contribution in [0, 0.1) is 0 Å². The Morgan fingerprint density at radius 2 is 0.843 bits per heavy atom. The number of unbranched alkanes of at least 4 members (excludes halogenated alkanes) is 38. The first-order valence-corrected chi connectivity index (χ1v) is 30.2. The maximum absolute atomic E-state index is 13.1. The predicted octanol–water partition coefficient (Wildman–Crippen LogP) is 15.1. The molecular formula is C61H115NO8. The number of allylic oxidation sites excluding steroid dienone is 5. The summed E-state index contributed by atoms with van der Waals surface area (Å²) in [5.74, 6) is -0.172. The van der Waals surface area contributed by atoms with Crippen molar-refractivity contribution < 1.29 is 39.8 Å². The summed E-state index contributed by atoms with van der Waals surface area (Å²) in [6.07, 6.45) is 59.3. The molecular weight excluding hydrogens is 875 g/mol. The lowest BCUT2D eigenvalue weighted by Crippen LogP contribution is -2.60. The minimum absolute atomic E-state index is 0.172. The van der Waals surface area contributed by atoms with Gasteiger partial charge in [0, 0.05) is 6.42 Å². The number of aliphatic hydroxyl groups is 5. The van der Waals surface area contributed by atoms with Gasteiger partial charge < -0.3 is 40.3 Å². The average Bonchev–Trinajstić information content (AvgIpc) is 3.36. The number of nitrogens with one attached hydrogen (secondary N) is 1. The van der Waals surface area contributed by atoms with Gasteiger partial charge in [0.05, 0.1) is 25.4 Å². The van der Waals surface area contributed by atoms with Gasteiger partial charge in [0.2, 0.25) is 5.91 Å². The van der Waals surface area contributed by atoms with E-state index in [0.29, 0.717) is 6.42 Å². The molecule has 0 bridgehead atoms. The van der Waals surface area contributed by atoms with Crippen LogP contribution in [0.1, 0.15) is 290 Å². The van der Waals surface area contributed by atoms with Crippen LogP contribution in [0.2, 0.25) is 0 Å². The van der Waals surface area contributed by atoms with Crippen LogP contribution < -0.4 is 5.32 Å². The molecule has 0 aromatic carbocycles. The summed E-state index contributed by atoms with van der Waals surface area (Å²) >= 11 is 0. The second kappa shape index (κ2) is 50.9. The van der Waals surface area contributed by atoms with Gasteiger partial charge >= 0.3 is 0 Å². The number of hydrogen-bond acceptors (Lipinski definition) is 8. The van der Waals surface area contributed by atoms with Crippen molar-refractivity contribution in [2.75, 3.05) is 13.2 Å². The zero-order valence-electron chi connectivity index (χ0n) is 45.8. The molecule has 7 unspecified atom stereocenters. The van der Waals surface area contributed by atoms with Crippen molar-refractivity contribution in [1.82, 2.24) is 5.32 Å². The van der Waals surface area contributed by atoms with Gasteiger partial charge in [-0.25, -0.2) is 0 Å². The van der Waals surface area contributed by atoms with Gasteiger partial charge in [-0.1, -0.05) is 269 Å². The lowest BCUT2D eigenvalue weighted by molar-refractivity contribution is -0.302. The third-order valence-electron chi connectivity index (χ3n) is 14.5. The molecule has 0 aliphatic carbocycles. The molecule has 1 heterocycles. The van der Waals surface area contributed by atoms with Crippen LogP contribution in [0.4, 0.5) is 0 Å². The summed E-state index contributed by atoms with van der Waals surface area (Å²) in [7, 11) is 0. The van der Waals surface area contributed by atoms with Crippen molar-refractivity contribution in [2.24, 2.45) is 0 Å². The van der Waals surface area contributed by atoms with Crippen molar-refractivity contribution in [3.63, 3.8) is 0 Å². The molecule has 0 spiro atoms. The molecule has 0 radical (unpaired) electrons. The van der Waals surface area contributed by atoms with Gasteiger partial charge in [-0.15, -0.1) is 0 Å². The van der Waals surface area contributed by atoms with Crippen LogP contribution in [-0.2, 0) is 14.3 Å². The molecule has 70 heavy (non-hydrogen) atoms. The molecule has 9 nitrogen and oxygen atoms in total. The summed E-state index contributed by atoms with van der Waals surface area (Å²) in [6.45, 7) is 3.79. The lowest BCUT2D eigenvalue weighted by Gasteiger charge is -2.40. The van der Waals surface area contributed by atoms with E-state index < -0.39 is 49.5 Å². The van der Waals surface area contributed by atoms with Crippen LogP contribution in [0.3, 0.4) is 0 Å². The minimum atomic E-state index is -1.57. The zero-order chi connectivity index (χ0) is 50.8. The summed E-state index contributed by atoms with van der Waals surface area (Å²) in [5, 5.41) is 54.5. The fraction of sp³-hybridized carbons (Fsp3) is 0.885. The molecule has 412 valence electrons. The van der Waals surface area contributed by atoms with Crippen molar-refractivity contribution >= 4 is 5.91 Å². The average molecular weight is 991 g/mol. The number of carbonyl (C=O) groups is 1. The van der Waals surface area contributed by atoms with E-state index in [2.05, 4.69) is 43.5 Å². The van der Waals surface area contributed by atoms with Crippen LogP contribution in [0.15, 0.2) is 36.5 Å². The maximum atomic E-state index is 13.1. The number of hydrogen-bond donors (Lipinski definition) is 6. The van der Waals surface area contributed by atoms with Crippen LogP contribution >= 0.6 is 0 Å². The third-order valence-corrected chi connectivity index (χ3v) is 14.5. The Kier molecular flexibility index (Phi) is 48.3. The Hall–Kier alpha value is -1.59. The van der Waals surface area contributed by atoms with Crippen molar-refractivity contribution in [3.05, 3.63) is 36.5 Å². The second-order valence-electron chi connectivity index (χ2n) is 21.1. The standard InChI is InChI=1S/C61H115NO8/c1-3-5-7-9-11-13-15-17-19-21-22-23-24-25-26-27-28-29-30-31-32-33-34-35-37-39-41-43-45-47-49-51-57(65)62-54(53-69-61-60(68)59(67)58(66)56(52-63)70-61)55(64)50-48-46-44-42-40-38-36-20-18-16-14-12-10-8-6-4-2/h15,17,21-22,48,50,54-56,58-61,63-64,66-68H,3-14,16,18-20,23-47,49,51-53H2,1-2H3,(H,62,65)/b17-15-,22-21-,50-48+. The number of amides is 1. The normalized spacial score (nSPS) is 19.6. The number of rotatable bonds is 52. The Labute approximate surface area is 431 Å². The first kappa shape index (κ1) is 66.4. The molecule has 9 heteroatoms. The smallest absolute Gasteiger partial charge is 0.220 e. The van der Waals surface area contributed by atoms with Crippen molar-refractivity contribution in [1.29, 1.82) is 0 Å². The fourth-order valence-electron chi connectivity index (χ4n) is 9.66. The first-order chi connectivity index (χ1) is 34.3. The fourth-order valence-corrected chi connectivity index (χ4v) is 9.66. The van der Waals surface area contributed by atoms with Crippen molar-refractivity contribution in [2.45, 2.75) is 333 Å². The largest absolute Gasteiger partial charge is 0.394 e. The molecule has 0 aromatic rings. The maximum Gasteiger partial charge on any atom is 0.220 e. The first-order valence-electron chi connectivity index (χ1n) is 30.2. The SMILES string of the molecule is CCCCCCC/C=C\C/C=C\CCCCCCCCCCCCCCCCCCCCCC(=O)NC(COC1OC(CO)C(O)C(O)C1O)C(O)/C=C/CCCCCCCCCCCCCCCC. The topological polar surface area (TPSA) is 149 Å². The molecule has 1 amide bonds. The van der Waals surface area contributed by atoms with E-state index >= 15 is 0 Å². The number of aliphatic hydroxyl groups excluding tert-OH is 5. The minimum Gasteiger partial charge on any atom is -0.394 e. The predicted molar refractivity (Wildman–Crippen MR) is 295 cm³/mol. The van der Waals surface area contributed by atoms with E-state index in [0.717, 1.165) is 44.9 Å². The van der Waals surface area contributed by atoms with E-state index in [1.54, 1.807) is 6.08 Å². The van der Waals surface area contributed by atoms with Crippen molar-refractivity contribution in [3.8, 4) is 0 Å². The highest BCUT2D eigenvalue weighted by molar-refractivity contribution is 5.76. The molecule has 0 saturated carbocycles. The van der Waals surface area contributed by atoms with Gasteiger partial charge in [0.1, 0.15) is 24.4 Å². The van der Waals surface area contributed by atoms with Gasteiger partial charge in [-0.2, -0.15) is 0 Å². The molecule has 1 saturated heterocycles. The summed E-state index contributed by atoms with van der Waals surface area (Å²) in [5.41, 5.74) is 0. The summed E-state index contributed by atoms with van der Waals surface area (Å²) in [4.78, 5) is 13.1. The zero-order valence-corrected chi connectivity index (χ0v) is 45.8. The molecule has 1 fully saturated rings. The molecule has 1 rings (SSSR count). The molecule has 6 N–H and O–H groups in total. The highest BCUT2D eigenvalue weighted by Gasteiger charge is 2.44. The van der Waals surface area contributed by atoms with E-state index in [-0.39, 0.29) is 12.5 Å². The monoisotopic (exact) mass is 990 g/mol. The second-order valence-corrected chi connectivity index (χ2v) is 21.1. The Bertz CT molecular complexity index is 1190. The Morgan fingerprint density at radius 3 is 1.23 bits per heavy atom. The Morgan fingerprint density at radius 1 is 0.486 bits per heavy atom. The quantitative estimate of drug-likeness (QED) is 0.0261. The van der Waals surface area contributed by atoms with E-state index in [4.69, 9.17) is 9.47 Å². The number of ether oxygens (including phenoxy) is 2. The van der Waals surface area contributed by atoms with Crippen LogP contribution in [-0.4, -0.2) is 87.5 Å².